The zero-order chi connectivity index (χ0) is 19.1. The number of benzene rings is 1. The van der Waals surface area contributed by atoms with Crippen LogP contribution in [0.2, 0.25) is 0 Å². The van der Waals surface area contributed by atoms with Crippen molar-refractivity contribution < 1.29 is 14.3 Å². The van der Waals surface area contributed by atoms with Crippen LogP contribution in [0.25, 0.3) is 0 Å². The normalized spacial score (nSPS) is 10.5. The van der Waals surface area contributed by atoms with Gasteiger partial charge in [0, 0.05) is 32.5 Å². The highest BCUT2D eigenvalue weighted by Gasteiger charge is 2.15. The van der Waals surface area contributed by atoms with Crippen molar-refractivity contribution in [2.24, 2.45) is 7.05 Å². The highest BCUT2D eigenvalue weighted by Crippen LogP contribution is 2.18. The van der Waals surface area contributed by atoms with E-state index in [-0.39, 0.29) is 24.1 Å². The molecule has 140 valence electrons. The number of anilines is 2. The molecule has 0 atom stereocenters. The SMILES string of the molecule is CCOC(=O)Cc1nnc(SCC(=O)Nc2ccc(N(C)C)cc2)n1C. The average molecular weight is 377 g/mol. The quantitative estimate of drug-likeness (QED) is 0.553. The summed E-state index contributed by atoms with van der Waals surface area (Å²) < 4.78 is 6.60. The van der Waals surface area contributed by atoms with Crippen LogP contribution < -0.4 is 10.2 Å². The van der Waals surface area contributed by atoms with E-state index in [1.807, 2.05) is 43.3 Å². The molecule has 26 heavy (non-hydrogen) atoms. The largest absolute Gasteiger partial charge is 0.466 e. The van der Waals surface area contributed by atoms with Crippen LogP contribution in [0.1, 0.15) is 12.7 Å². The summed E-state index contributed by atoms with van der Waals surface area (Å²) in [6.07, 6.45) is 0.0579. The second-order valence-electron chi connectivity index (χ2n) is 5.72. The zero-order valence-corrected chi connectivity index (χ0v) is 16.2. The molecule has 0 fully saturated rings. The maximum Gasteiger partial charge on any atom is 0.313 e. The Hall–Kier alpha value is -2.55. The number of carbonyl (C=O) groups excluding carboxylic acids is 2. The first-order valence-electron chi connectivity index (χ1n) is 8.14. The molecule has 8 nitrogen and oxygen atoms in total. The van der Waals surface area contributed by atoms with Gasteiger partial charge >= 0.3 is 5.97 Å². The van der Waals surface area contributed by atoms with Crippen molar-refractivity contribution in [3.05, 3.63) is 30.1 Å². The number of thioether (sulfide) groups is 1. The van der Waals surface area contributed by atoms with E-state index in [1.54, 1.807) is 18.5 Å². The summed E-state index contributed by atoms with van der Waals surface area (Å²) >= 11 is 1.26. The molecule has 0 bridgehead atoms. The number of amides is 1. The molecule has 0 aliphatic heterocycles. The average Bonchev–Trinajstić information content (AvgIpc) is 2.94. The van der Waals surface area contributed by atoms with Crippen LogP contribution in [0.4, 0.5) is 11.4 Å². The van der Waals surface area contributed by atoms with Crippen LogP contribution in [0, 0.1) is 0 Å². The van der Waals surface area contributed by atoms with Crippen molar-refractivity contribution in [1.29, 1.82) is 0 Å². The Bertz CT molecular complexity index is 758. The highest BCUT2D eigenvalue weighted by atomic mass is 32.2. The van der Waals surface area contributed by atoms with Crippen LogP contribution in [0.5, 0.6) is 0 Å². The summed E-state index contributed by atoms with van der Waals surface area (Å²) in [4.78, 5) is 25.6. The van der Waals surface area contributed by atoms with E-state index in [2.05, 4.69) is 15.5 Å². The molecule has 2 aromatic rings. The molecule has 0 unspecified atom stereocenters. The van der Waals surface area contributed by atoms with E-state index in [0.29, 0.717) is 17.6 Å². The maximum absolute atomic E-state index is 12.1. The molecule has 0 saturated carbocycles. The molecule has 2 rings (SSSR count). The Labute approximate surface area is 156 Å². The second kappa shape index (κ2) is 9.23. The van der Waals surface area contributed by atoms with Crippen LogP contribution in [-0.4, -0.2) is 53.1 Å². The number of hydrogen-bond donors (Lipinski definition) is 1. The Morgan fingerprint density at radius 3 is 2.54 bits per heavy atom. The molecule has 1 aromatic heterocycles. The minimum atomic E-state index is -0.349. The van der Waals surface area contributed by atoms with Crippen molar-refractivity contribution in [1.82, 2.24) is 14.8 Å². The first-order valence-corrected chi connectivity index (χ1v) is 9.13. The van der Waals surface area contributed by atoms with E-state index < -0.39 is 0 Å². The van der Waals surface area contributed by atoms with Crippen LogP contribution >= 0.6 is 11.8 Å². The lowest BCUT2D eigenvalue weighted by Crippen LogP contribution is -2.15. The van der Waals surface area contributed by atoms with E-state index >= 15 is 0 Å². The predicted octanol–water partition coefficient (Wildman–Crippen LogP) is 1.72. The summed E-state index contributed by atoms with van der Waals surface area (Å²) in [7, 11) is 5.68. The van der Waals surface area contributed by atoms with Crippen LogP contribution in [0.3, 0.4) is 0 Å². The molecular formula is C17H23N5O3S. The molecule has 1 aromatic carbocycles. The third-order valence-corrected chi connectivity index (χ3v) is 4.55. The number of rotatable bonds is 8. The summed E-state index contributed by atoms with van der Waals surface area (Å²) in [5.74, 6) is 0.215. The van der Waals surface area contributed by atoms with Crippen molar-refractivity contribution in [2.45, 2.75) is 18.5 Å². The number of carbonyl (C=O) groups is 2. The molecule has 0 aliphatic rings. The van der Waals surface area contributed by atoms with Gasteiger partial charge in [-0.2, -0.15) is 0 Å². The Morgan fingerprint density at radius 1 is 1.23 bits per heavy atom. The Balaban J connectivity index is 1.87. The lowest BCUT2D eigenvalue weighted by atomic mass is 10.2. The topological polar surface area (TPSA) is 89.3 Å². The molecular weight excluding hydrogens is 354 g/mol. The van der Waals surface area contributed by atoms with Crippen molar-refractivity contribution in [3.63, 3.8) is 0 Å². The number of ether oxygens (including phenoxy) is 1. The zero-order valence-electron chi connectivity index (χ0n) is 15.4. The minimum absolute atomic E-state index is 0.0579. The van der Waals surface area contributed by atoms with Crippen molar-refractivity contribution in [3.8, 4) is 0 Å². The van der Waals surface area contributed by atoms with Crippen molar-refractivity contribution in [2.75, 3.05) is 36.7 Å². The number of nitrogens with zero attached hydrogens (tertiary/aromatic N) is 4. The van der Waals surface area contributed by atoms with Gasteiger partial charge in [-0.15, -0.1) is 10.2 Å². The van der Waals surface area contributed by atoms with Gasteiger partial charge in [0.25, 0.3) is 0 Å². The molecule has 0 saturated heterocycles. The van der Waals surface area contributed by atoms with E-state index in [0.717, 1.165) is 11.4 Å². The molecule has 0 aliphatic carbocycles. The number of aromatic nitrogens is 3. The van der Waals surface area contributed by atoms with Gasteiger partial charge < -0.3 is 19.5 Å². The van der Waals surface area contributed by atoms with Gasteiger partial charge in [-0.25, -0.2) is 0 Å². The van der Waals surface area contributed by atoms with Gasteiger partial charge in [0.2, 0.25) is 5.91 Å². The van der Waals surface area contributed by atoms with Gasteiger partial charge in [-0.1, -0.05) is 11.8 Å². The standard InChI is InChI=1S/C17H23N5O3S/c1-5-25-16(24)10-14-19-20-17(22(14)4)26-11-15(23)18-12-6-8-13(9-7-12)21(2)3/h6-9H,5,10-11H2,1-4H3,(H,18,23). The molecule has 0 spiro atoms. The first kappa shape index (κ1) is 19.8. The summed E-state index contributed by atoms with van der Waals surface area (Å²) in [5, 5.41) is 11.4. The monoisotopic (exact) mass is 377 g/mol. The molecule has 1 amide bonds. The summed E-state index contributed by atoms with van der Waals surface area (Å²) in [6, 6.07) is 7.59. The van der Waals surface area contributed by atoms with Gasteiger partial charge in [0.15, 0.2) is 5.16 Å². The first-order chi connectivity index (χ1) is 12.4. The van der Waals surface area contributed by atoms with E-state index in [4.69, 9.17) is 4.74 Å². The Morgan fingerprint density at radius 2 is 1.92 bits per heavy atom. The third-order valence-electron chi connectivity index (χ3n) is 3.53. The highest BCUT2D eigenvalue weighted by molar-refractivity contribution is 7.99. The van der Waals surface area contributed by atoms with Crippen LogP contribution in [0.15, 0.2) is 29.4 Å². The number of esters is 1. The van der Waals surface area contributed by atoms with Gasteiger partial charge in [0.05, 0.1) is 12.4 Å². The smallest absolute Gasteiger partial charge is 0.313 e. The summed E-state index contributed by atoms with van der Waals surface area (Å²) in [5.41, 5.74) is 1.80. The molecule has 9 heteroatoms. The van der Waals surface area contributed by atoms with Gasteiger partial charge in [-0.3, -0.25) is 9.59 Å². The Kier molecular flexibility index (Phi) is 7.02. The minimum Gasteiger partial charge on any atom is -0.466 e. The fraction of sp³-hybridized carbons (Fsp3) is 0.412. The fourth-order valence-electron chi connectivity index (χ4n) is 2.14. The summed E-state index contributed by atoms with van der Waals surface area (Å²) in [6.45, 7) is 2.08. The molecule has 1 heterocycles. The lowest BCUT2D eigenvalue weighted by molar-refractivity contribution is -0.142. The lowest BCUT2D eigenvalue weighted by Gasteiger charge is -2.13. The fourth-order valence-corrected chi connectivity index (χ4v) is 2.87. The number of hydrogen-bond acceptors (Lipinski definition) is 7. The van der Waals surface area contributed by atoms with E-state index in [1.165, 1.54) is 11.8 Å². The van der Waals surface area contributed by atoms with Gasteiger partial charge in [-0.05, 0) is 31.2 Å². The van der Waals surface area contributed by atoms with Crippen LogP contribution in [-0.2, 0) is 27.8 Å². The van der Waals surface area contributed by atoms with E-state index in [9.17, 15) is 9.59 Å². The molecule has 0 radical (unpaired) electrons. The predicted molar refractivity (Wildman–Crippen MR) is 101 cm³/mol. The molecule has 1 N–H and O–H groups in total. The second-order valence-corrected chi connectivity index (χ2v) is 6.66. The maximum atomic E-state index is 12.1. The third kappa shape index (κ3) is 5.48. The number of nitrogens with one attached hydrogen (secondary N) is 1. The van der Waals surface area contributed by atoms with Gasteiger partial charge in [0.1, 0.15) is 12.2 Å². The van der Waals surface area contributed by atoms with Crippen molar-refractivity contribution >= 4 is 35.0 Å².